The molecule has 1 aliphatic rings. The number of carbonyl (C=O) groups is 3. The molecular weight excluding hydrogens is 276 g/mol. The summed E-state index contributed by atoms with van der Waals surface area (Å²) in [5.74, 6) is -0.835. The van der Waals surface area contributed by atoms with Gasteiger partial charge in [0.2, 0.25) is 11.8 Å². The summed E-state index contributed by atoms with van der Waals surface area (Å²) in [6, 6.07) is 3.30. The lowest BCUT2D eigenvalue weighted by molar-refractivity contribution is -0.152. The summed E-state index contributed by atoms with van der Waals surface area (Å²) in [5.41, 5.74) is -1.09. The van der Waals surface area contributed by atoms with E-state index in [0.717, 1.165) is 4.88 Å². The van der Waals surface area contributed by atoms with E-state index in [0.29, 0.717) is 25.8 Å². The molecule has 0 aromatic carbocycles. The Morgan fingerprint density at radius 2 is 1.95 bits per heavy atom. The van der Waals surface area contributed by atoms with E-state index in [1.165, 1.54) is 4.90 Å². The topological polar surface area (TPSA) is 66.5 Å². The van der Waals surface area contributed by atoms with Crippen LogP contribution < -0.4 is 5.32 Å². The van der Waals surface area contributed by atoms with E-state index in [4.69, 9.17) is 0 Å². The summed E-state index contributed by atoms with van der Waals surface area (Å²) < 4.78 is 0. The number of urea groups is 1. The third-order valence-corrected chi connectivity index (χ3v) is 4.86. The Kier molecular flexibility index (Phi) is 4.23. The van der Waals surface area contributed by atoms with Crippen molar-refractivity contribution in [3.05, 3.63) is 22.4 Å². The van der Waals surface area contributed by atoms with Crippen LogP contribution in [0.15, 0.2) is 17.5 Å². The predicted octanol–water partition coefficient (Wildman–Crippen LogP) is 2.18. The molecule has 0 bridgehead atoms. The molecule has 1 aromatic rings. The smallest absolute Gasteiger partial charge is 0.277 e. The molecule has 0 saturated carbocycles. The Hall–Kier alpha value is -1.69. The van der Waals surface area contributed by atoms with Gasteiger partial charge in [-0.3, -0.25) is 19.8 Å². The van der Waals surface area contributed by atoms with E-state index in [-0.39, 0.29) is 5.91 Å². The van der Waals surface area contributed by atoms with Crippen LogP contribution in [0, 0.1) is 5.41 Å². The minimum Gasteiger partial charge on any atom is -0.277 e. The van der Waals surface area contributed by atoms with E-state index in [1.807, 2.05) is 17.5 Å². The van der Waals surface area contributed by atoms with Gasteiger partial charge in [0.25, 0.3) is 0 Å². The maximum atomic E-state index is 12.5. The molecule has 0 radical (unpaired) electrons. The second-order valence-electron chi connectivity index (χ2n) is 4.83. The maximum absolute atomic E-state index is 12.5. The van der Waals surface area contributed by atoms with Crippen LogP contribution in [0.5, 0.6) is 0 Å². The van der Waals surface area contributed by atoms with Crippen molar-refractivity contribution in [3.8, 4) is 0 Å². The third kappa shape index (κ3) is 2.35. The van der Waals surface area contributed by atoms with Crippen LogP contribution in [-0.4, -0.2) is 29.3 Å². The molecule has 1 N–H and O–H groups in total. The van der Waals surface area contributed by atoms with Gasteiger partial charge >= 0.3 is 6.03 Å². The van der Waals surface area contributed by atoms with E-state index >= 15 is 0 Å². The highest BCUT2D eigenvalue weighted by Crippen LogP contribution is 2.32. The second-order valence-corrected chi connectivity index (χ2v) is 5.87. The van der Waals surface area contributed by atoms with Gasteiger partial charge < -0.3 is 0 Å². The quantitative estimate of drug-likeness (QED) is 0.846. The number of amides is 4. The van der Waals surface area contributed by atoms with Crippen LogP contribution in [0.1, 0.15) is 31.6 Å². The minimum atomic E-state index is -1.09. The van der Waals surface area contributed by atoms with Crippen molar-refractivity contribution in [1.29, 1.82) is 0 Å². The molecule has 108 valence electrons. The first-order chi connectivity index (χ1) is 9.55. The molecule has 1 aliphatic heterocycles. The van der Waals surface area contributed by atoms with Crippen LogP contribution in [0.4, 0.5) is 4.79 Å². The van der Waals surface area contributed by atoms with Crippen molar-refractivity contribution in [1.82, 2.24) is 10.2 Å². The van der Waals surface area contributed by atoms with Gasteiger partial charge in [-0.15, -0.1) is 11.3 Å². The Balaban J connectivity index is 2.17. The summed E-state index contributed by atoms with van der Waals surface area (Å²) in [4.78, 5) is 38.7. The zero-order valence-electron chi connectivity index (χ0n) is 11.6. The fourth-order valence-corrected chi connectivity index (χ4v) is 3.18. The number of carbonyl (C=O) groups excluding carboxylic acids is 3. The van der Waals surface area contributed by atoms with Crippen molar-refractivity contribution in [2.24, 2.45) is 5.41 Å². The molecule has 4 amide bonds. The zero-order valence-corrected chi connectivity index (χ0v) is 12.5. The van der Waals surface area contributed by atoms with Crippen LogP contribution in [0.2, 0.25) is 0 Å². The molecular formula is C14H18N2O3S. The van der Waals surface area contributed by atoms with Crippen molar-refractivity contribution in [3.63, 3.8) is 0 Å². The number of thiophene rings is 1. The van der Waals surface area contributed by atoms with Crippen LogP contribution >= 0.6 is 11.3 Å². The van der Waals surface area contributed by atoms with E-state index in [9.17, 15) is 14.4 Å². The Labute approximate surface area is 122 Å². The van der Waals surface area contributed by atoms with E-state index < -0.39 is 17.4 Å². The third-order valence-electron chi connectivity index (χ3n) is 3.92. The van der Waals surface area contributed by atoms with Crippen LogP contribution in [-0.2, 0) is 16.0 Å². The molecule has 0 atom stereocenters. The van der Waals surface area contributed by atoms with Gasteiger partial charge in [-0.1, -0.05) is 19.9 Å². The van der Waals surface area contributed by atoms with Crippen molar-refractivity contribution < 1.29 is 14.4 Å². The number of barbiturate groups is 1. The number of hydrogen-bond acceptors (Lipinski definition) is 4. The molecule has 6 heteroatoms. The highest BCUT2D eigenvalue weighted by molar-refractivity contribution is 7.09. The first-order valence-corrected chi connectivity index (χ1v) is 7.63. The van der Waals surface area contributed by atoms with Gasteiger partial charge in [0, 0.05) is 11.4 Å². The van der Waals surface area contributed by atoms with Crippen LogP contribution in [0.25, 0.3) is 0 Å². The molecule has 5 nitrogen and oxygen atoms in total. The van der Waals surface area contributed by atoms with Gasteiger partial charge in [-0.2, -0.15) is 0 Å². The highest BCUT2D eigenvalue weighted by Gasteiger charge is 2.51. The summed E-state index contributed by atoms with van der Waals surface area (Å²) in [7, 11) is 0. The molecule has 0 unspecified atom stereocenters. The normalized spacial score (nSPS) is 18.3. The second kappa shape index (κ2) is 5.75. The first-order valence-electron chi connectivity index (χ1n) is 6.75. The lowest BCUT2D eigenvalue weighted by Crippen LogP contribution is -2.63. The average molecular weight is 294 g/mol. The molecule has 2 rings (SSSR count). The molecule has 2 heterocycles. The predicted molar refractivity (Wildman–Crippen MR) is 76.3 cm³/mol. The maximum Gasteiger partial charge on any atom is 0.330 e. The molecule has 0 aliphatic carbocycles. The van der Waals surface area contributed by atoms with Crippen molar-refractivity contribution in [2.75, 3.05) is 6.54 Å². The molecule has 20 heavy (non-hydrogen) atoms. The summed E-state index contributed by atoms with van der Waals surface area (Å²) >= 11 is 1.59. The fourth-order valence-electron chi connectivity index (χ4n) is 2.49. The average Bonchev–Trinajstić information content (AvgIpc) is 2.93. The fraction of sp³-hybridized carbons (Fsp3) is 0.500. The summed E-state index contributed by atoms with van der Waals surface area (Å²) in [6.07, 6.45) is 1.42. The molecule has 0 spiro atoms. The lowest BCUT2D eigenvalue weighted by atomic mass is 9.78. The molecule has 1 saturated heterocycles. The highest BCUT2D eigenvalue weighted by atomic mass is 32.1. The summed E-state index contributed by atoms with van der Waals surface area (Å²) in [5, 5.41) is 4.27. The number of nitrogens with zero attached hydrogens (tertiary/aromatic N) is 1. The standard InChI is InChI=1S/C14H18N2O3S/c1-3-14(4-2)11(17)15-13(19)16(12(14)18)8-7-10-6-5-9-20-10/h5-6,9H,3-4,7-8H2,1-2H3,(H,15,17,19). The Morgan fingerprint density at radius 3 is 2.50 bits per heavy atom. The van der Waals surface area contributed by atoms with Crippen LogP contribution in [0.3, 0.4) is 0 Å². The summed E-state index contributed by atoms with van der Waals surface area (Å²) in [6.45, 7) is 3.91. The monoisotopic (exact) mass is 294 g/mol. The Morgan fingerprint density at radius 1 is 1.25 bits per heavy atom. The van der Waals surface area contributed by atoms with Crippen molar-refractivity contribution in [2.45, 2.75) is 33.1 Å². The molecule has 1 fully saturated rings. The number of nitrogens with one attached hydrogen (secondary N) is 1. The van der Waals surface area contributed by atoms with Gasteiger partial charge in [0.15, 0.2) is 0 Å². The van der Waals surface area contributed by atoms with Gasteiger partial charge in [-0.25, -0.2) is 4.79 Å². The number of hydrogen-bond donors (Lipinski definition) is 1. The Bertz CT molecular complexity index is 521. The van der Waals surface area contributed by atoms with E-state index in [2.05, 4.69) is 5.32 Å². The molecule has 1 aromatic heterocycles. The minimum absolute atomic E-state index is 0.306. The lowest BCUT2D eigenvalue weighted by Gasteiger charge is -2.38. The van der Waals surface area contributed by atoms with Gasteiger partial charge in [-0.05, 0) is 30.7 Å². The van der Waals surface area contributed by atoms with Crippen molar-refractivity contribution >= 4 is 29.2 Å². The largest absolute Gasteiger partial charge is 0.330 e. The number of imide groups is 2. The van der Waals surface area contributed by atoms with Gasteiger partial charge in [0.1, 0.15) is 5.41 Å². The van der Waals surface area contributed by atoms with Gasteiger partial charge in [0.05, 0.1) is 0 Å². The van der Waals surface area contributed by atoms with E-state index in [1.54, 1.807) is 25.2 Å². The number of rotatable bonds is 5. The SMILES string of the molecule is CCC1(CC)C(=O)NC(=O)N(CCc2cccs2)C1=O. The zero-order chi connectivity index (χ0) is 14.8. The first kappa shape index (κ1) is 14.7.